The number of rotatable bonds is 13. The summed E-state index contributed by atoms with van der Waals surface area (Å²) >= 11 is 0. The van der Waals surface area contributed by atoms with Gasteiger partial charge in [-0.1, -0.05) is 34.1 Å². The van der Waals surface area contributed by atoms with Crippen LogP contribution in [-0.2, 0) is 19.1 Å². The molecule has 8 heteroatoms. The molecule has 5 atom stereocenters. The van der Waals surface area contributed by atoms with Gasteiger partial charge in [-0.15, -0.1) is 0 Å². The zero-order valence-corrected chi connectivity index (χ0v) is 20.6. The normalized spacial score (nSPS) is 16.5. The maximum atomic E-state index is 13.4. The van der Waals surface area contributed by atoms with Crippen molar-refractivity contribution in [2.75, 3.05) is 34.8 Å². The van der Waals surface area contributed by atoms with Gasteiger partial charge >= 0.3 is 0 Å². The number of hydrogen-bond donors (Lipinski definition) is 2. The van der Waals surface area contributed by atoms with Crippen molar-refractivity contribution >= 4 is 17.7 Å². The molecule has 8 nitrogen and oxygen atoms in total. The van der Waals surface area contributed by atoms with Gasteiger partial charge in [-0.3, -0.25) is 19.3 Å². The van der Waals surface area contributed by atoms with Crippen LogP contribution in [0.15, 0.2) is 0 Å². The molecule has 0 bridgehead atoms. The lowest BCUT2D eigenvalue weighted by Gasteiger charge is -2.40. The molecule has 178 valence electrons. The van der Waals surface area contributed by atoms with Gasteiger partial charge in [0, 0.05) is 22.1 Å². The van der Waals surface area contributed by atoms with Crippen molar-refractivity contribution < 1.29 is 20.5 Å². The summed E-state index contributed by atoms with van der Waals surface area (Å²) in [5.41, 5.74) is 0. The number of methoxy groups -OCH3 is 1. The van der Waals surface area contributed by atoms with Crippen LogP contribution in [0.3, 0.4) is 0 Å². The lowest BCUT2D eigenvalue weighted by Crippen LogP contribution is -2.58. The summed E-state index contributed by atoms with van der Waals surface area (Å²) in [6.07, 6.45) is 0.561. The van der Waals surface area contributed by atoms with Crippen LogP contribution >= 0.6 is 0 Å². The van der Waals surface area contributed by atoms with Crippen molar-refractivity contribution in [2.24, 2.45) is 11.8 Å². The molecule has 0 fully saturated rings. The molecule has 0 rings (SSSR count). The van der Waals surface area contributed by atoms with E-state index in [0.29, 0.717) is 6.54 Å². The third-order valence-corrected chi connectivity index (χ3v) is 5.85. The second-order valence-electron chi connectivity index (χ2n) is 8.63. The first kappa shape index (κ1) is 28.3. The molecular formula is C22H46N4O4. The largest absolute Gasteiger partial charge is 0.379 e. The van der Waals surface area contributed by atoms with E-state index in [2.05, 4.69) is 24.5 Å². The molecule has 0 aromatic rings. The Balaban J connectivity index is 0. The molecular weight excluding hydrogens is 384 g/mol. The number of amides is 3. The van der Waals surface area contributed by atoms with Crippen LogP contribution in [0.1, 0.15) is 55.8 Å². The van der Waals surface area contributed by atoms with Gasteiger partial charge in [-0.25, -0.2) is 0 Å². The average Bonchev–Trinajstić information content (AvgIpc) is 2.69. The molecule has 0 saturated heterocycles. The van der Waals surface area contributed by atoms with E-state index in [-0.39, 0.29) is 49.5 Å². The van der Waals surface area contributed by atoms with Crippen LogP contribution in [0.2, 0.25) is 0 Å². The molecule has 0 aliphatic carbocycles. The quantitative estimate of drug-likeness (QED) is 0.464. The lowest BCUT2D eigenvalue weighted by atomic mass is 9.90. The van der Waals surface area contributed by atoms with Gasteiger partial charge in [0.15, 0.2) is 0 Å². The summed E-state index contributed by atoms with van der Waals surface area (Å²) < 4.78 is 5.67. The third kappa shape index (κ3) is 8.22. The highest BCUT2D eigenvalue weighted by Crippen LogP contribution is 2.23. The first-order valence-electron chi connectivity index (χ1n) is 11.0. The average molecular weight is 431 g/mol. The fraction of sp³-hybridized carbons (Fsp3) is 0.864. The zero-order chi connectivity index (χ0) is 23.6. The minimum absolute atomic E-state index is 0. The summed E-state index contributed by atoms with van der Waals surface area (Å²) in [5.74, 6) is -0.437. The van der Waals surface area contributed by atoms with Gasteiger partial charge in [0.25, 0.3) is 0 Å². The summed E-state index contributed by atoms with van der Waals surface area (Å²) in [6.45, 7) is 12.1. The van der Waals surface area contributed by atoms with E-state index in [1.54, 1.807) is 30.9 Å². The summed E-state index contributed by atoms with van der Waals surface area (Å²) in [7, 11) is 6.95. The number of nitrogens with one attached hydrogen (secondary N) is 2. The van der Waals surface area contributed by atoms with Gasteiger partial charge in [0.05, 0.1) is 24.6 Å². The number of nitrogens with zero attached hydrogens (tertiary/aromatic N) is 2. The Kier molecular flexibility index (Phi) is 12.8. The Morgan fingerprint density at radius 3 is 2.00 bits per heavy atom. The highest BCUT2D eigenvalue weighted by atomic mass is 16.5. The van der Waals surface area contributed by atoms with Crippen molar-refractivity contribution in [1.29, 1.82) is 0 Å². The maximum Gasteiger partial charge on any atom is 0.245 e. The molecule has 0 unspecified atom stereocenters. The van der Waals surface area contributed by atoms with E-state index >= 15 is 0 Å². The van der Waals surface area contributed by atoms with Crippen molar-refractivity contribution in [3.8, 4) is 0 Å². The first-order chi connectivity index (χ1) is 13.9. The second-order valence-corrected chi connectivity index (χ2v) is 8.63. The van der Waals surface area contributed by atoms with Crippen LogP contribution < -0.4 is 10.6 Å². The smallest absolute Gasteiger partial charge is 0.245 e. The molecule has 0 saturated carbocycles. The van der Waals surface area contributed by atoms with Gasteiger partial charge < -0.3 is 20.3 Å². The molecule has 30 heavy (non-hydrogen) atoms. The third-order valence-electron chi connectivity index (χ3n) is 5.85. The van der Waals surface area contributed by atoms with Crippen molar-refractivity contribution in [3.05, 3.63) is 0 Å². The molecule has 3 amide bonds. The standard InChI is InChI=1S/C22H44N4O4.H2/c1-11-15(5)20(17(30-10)13-18(27)23-12-2)26(9)22(29)19(14(3)4)24-21(28)16(6)25(7)8;/h14-17,19-20H,11-13H2,1-10H3,(H,23,27)(H,24,28);1H/t15-,16-,17+,19-,20-;/m0./s1. The van der Waals surface area contributed by atoms with Crippen molar-refractivity contribution in [1.82, 2.24) is 20.4 Å². The minimum atomic E-state index is -0.654. The molecule has 0 heterocycles. The van der Waals surface area contributed by atoms with E-state index in [0.717, 1.165) is 6.42 Å². The number of ether oxygens (including phenoxy) is 1. The highest BCUT2D eigenvalue weighted by molar-refractivity contribution is 5.90. The van der Waals surface area contributed by atoms with Crippen LogP contribution in [0.25, 0.3) is 0 Å². The Morgan fingerprint density at radius 1 is 1.03 bits per heavy atom. The monoisotopic (exact) mass is 430 g/mol. The Morgan fingerprint density at radius 2 is 1.60 bits per heavy atom. The van der Waals surface area contributed by atoms with Crippen molar-refractivity contribution in [2.45, 2.75) is 78.6 Å². The second kappa shape index (κ2) is 13.6. The van der Waals surface area contributed by atoms with Gasteiger partial charge in [0.2, 0.25) is 17.7 Å². The highest BCUT2D eigenvalue weighted by Gasteiger charge is 2.37. The molecule has 0 aromatic heterocycles. The van der Waals surface area contributed by atoms with Gasteiger partial charge in [-0.2, -0.15) is 0 Å². The van der Waals surface area contributed by atoms with E-state index < -0.39 is 12.1 Å². The minimum Gasteiger partial charge on any atom is -0.379 e. The van der Waals surface area contributed by atoms with E-state index in [9.17, 15) is 14.4 Å². The van der Waals surface area contributed by atoms with Crippen LogP contribution in [-0.4, -0.2) is 86.5 Å². The van der Waals surface area contributed by atoms with E-state index in [4.69, 9.17) is 4.74 Å². The predicted octanol–water partition coefficient (Wildman–Crippen LogP) is 1.74. The molecule has 0 aromatic carbocycles. The molecule has 2 N–H and O–H groups in total. The van der Waals surface area contributed by atoms with Crippen LogP contribution in [0, 0.1) is 11.8 Å². The lowest BCUT2D eigenvalue weighted by molar-refractivity contribution is -0.144. The Hall–Kier alpha value is -1.67. The molecule has 0 radical (unpaired) electrons. The number of likely N-dealkylation sites (N-methyl/N-ethyl adjacent to an activating group) is 2. The molecule has 0 aliphatic rings. The van der Waals surface area contributed by atoms with E-state index in [1.807, 2.05) is 34.9 Å². The van der Waals surface area contributed by atoms with Crippen LogP contribution in [0.4, 0.5) is 0 Å². The fourth-order valence-electron chi connectivity index (χ4n) is 3.42. The molecule has 0 aliphatic heterocycles. The number of carbonyl (C=O) groups is 3. The van der Waals surface area contributed by atoms with Crippen LogP contribution in [0.5, 0.6) is 0 Å². The predicted molar refractivity (Wildman–Crippen MR) is 122 cm³/mol. The SMILES string of the molecule is CCNC(=O)C[C@@H](OC)[C@H]([C@@H](C)CC)N(C)C(=O)[C@@H](NC(=O)[C@H](C)N(C)C)C(C)C.[HH]. The summed E-state index contributed by atoms with van der Waals surface area (Å²) in [5, 5.41) is 5.71. The van der Waals surface area contributed by atoms with Gasteiger partial charge in [0.1, 0.15) is 6.04 Å². The first-order valence-corrected chi connectivity index (χ1v) is 11.0. The Labute approximate surface area is 184 Å². The van der Waals surface area contributed by atoms with Gasteiger partial charge in [-0.05, 0) is 39.8 Å². The topological polar surface area (TPSA) is 91.0 Å². The molecule has 0 spiro atoms. The Bertz CT molecular complexity index is 560. The summed E-state index contributed by atoms with van der Waals surface area (Å²) in [4.78, 5) is 41.7. The zero-order valence-electron chi connectivity index (χ0n) is 20.6. The number of carbonyl (C=O) groups excluding carboxylic acids is 3. The number of hydrogen-bond acceptors (Lipinski definition) is 5. The summed E-state index contributed by atoms with van der Waals surface area (Å²) in [6, 6.07) is -1.29. The van der Waals surface area contributed by atoms with E-state index in [1.165, 1.54) is 0 Å². The maximum absolute atomic E-state index is 13.4. The van der Waals surface area contributed by atoms with Crippen molar-refractivity contribution in [3.63, 3.8) is 0 Å². The fourth-order valence-corrected chi connectivity index (χ4v) is 3.42.